The van der Waals surface area contributed by atoms with Crippen LogP contribution >= 0.6 is 0 Å². The largest absolute Gasteiger partial charge is 0.268 e. The van der Waals surface area contributed by atoms with Crippen LogP contribution in [0.2, 0.25) is 0 Å². The van der Waals surface area contributed by atoms with Crippen molar-refractivity contribution in [1.29, 1.82) is 5.26 Å². The average Bonchev–Trinajstić information content (AvgIpc) is 2.38. The highest BCUT2D eigenvalue weighted by Crippen LogP contribution is 2.31. The van der Waals surface area contributed by atoms with E-state index in [0.29, 0.717) is 11.3 Å². The molecule has 19 heavy (non-hydrogen) atoms. The van der Waals surface area contributed by atoms with Crippen LogP contribution in [0.3, 0.4) is 0 Å². The number of benzene rings is 1. The molecule has 2 aromatic rings. The summed E-state index contributed by atoms with van der Waals surface area (Å²) in [5.74, 6) is 0. The van der Waals surface area contributed by atoms with E-state index < -0.39 is 0 Å². The Morgan fingerprint density at radius 3 is 2.21 bits per heavy atom. The first kappa shape index (κ1) is 13.0. The minimum atomic E-state index is -0.361. The van der Waals surface area contributed by atoms with Crippen LogP contribution < -0.4 is 5.56 Å². The van der Waals surface area contributed by atoms with Gasteiger partial charge in [0.25, 0.3) is 5.56 Å². The molecule has 0 aliphatic carbocycles. The standard InChI is InChI=1S/C15H15N3O/c1-8-5-9(2)11(4)14(10(8)3)15-12(7-16)6-13(19)17-18-15/h5-6H,1-4H3,(H,17,19). The van der Waals surface area contributed by atoms with Gasteiger partial charge in [0.05, 0.1) is 5.56 Å². The molecule has 0 spiro atoms. The lowest BCUT2D eigenvalue weighted by Gasteiger charge is -2.15. The van der Waals surface area contributed by atoms with Crippen LogP contribution in [0.1, 0.15) is 27.8 Å². The summed E-state index contributed by atoms with van der Waals surface area (Å²) in [5.41, 5.74) is 5.89. The van der Waals surface area contributed by atoms with Gasteiger partial charge in [-0.1, -0.05) is 6.07 Å². The van der Waals surface area contributed by atoms with Gasteiger partial charge < -0.3 is 0 Å². The highest BCUT2D eigenvalue weighted by Gasteiger charge is 2.15. The van der Waals surface area contributed by atoms with Gasteiger partial charge in [-0.3, -0.25) is 4.79 Å². The second kappa shape index (κ2) is 4.69. The van der Waals surface area contributed by atoms with E-state index in [2.05, 4.69) is 16.3 Å². The highest BCUT2D eigenvalue weighted by atomic mass is 16.1. The Balaban J connectivity index is 2.87. The monoisotopic (exact) mass is 253 g/mol. The molecule has 0 unspecified atom stereocenters. The molecule has 1 N–H and O–H groups in total. The Morgan fingerprint density at radius 2 is 1.68 bits per heavy atom. The summed E-state index contributed by atoms with van der Waals surface area (Å²) in [6, 6.07) is 5.45. The molecule has 1 aromatic carbocycles. The Hall–Kier alpha value is -2.41. The highest BCUT2D eigenvalue weighted by molar-refractivity contribution is 5.74. The van der Waals surface area contributed by atoms with Crippen LogP contribution in [0.4, 0.5) is 0 Å². The van der Waals surface area contributed by atoms with Crippen molar-refractivity contribution >= 4 is 0 Å². The second-order valence-electron chi connectivity index (χ2n) is 4.74. The van der Waals surface area contributed by atoms with Gasteiger partial charge >= 0.3 is 0 Å². The minimum Gasteiger partial charge on any atom is -0.268 e. The Morgan fingerprint density at radius 1 is 1.11 bits per heavy atom. The summed E-state index contributed by atoms with van der Waals surface area (Å²) in [6.45, 7) is 8.07. The molecule has 0 radical (unpaired) electrons. The number of aryl methyl sites for hydroxylation is 2. The van der Waals surface area contributed by atoms with E-state index in [1.165, 1.54) is 6.07 Å². The molecule has 1 heterocycles. The van der Waals surface area contributed by atoms with Crippen molar-refractivity contribution in [3.63, 3.8) is 0 Å². The van der Waals surface area contributed by atoms with Crippen LogP contribution in [0.15, 0.2) is 16.9 Å². The topological polar surface area (TPSA) is 69.5 Å². The lowest BCUT2D eigenvalue weighted by Crippen LogP contribution is -2.10. The Kier molecular flexibility index (Phi) is 3.22. The molecule has 0 aliphatic rings. The molecular weight excluding hydrogens is 238 g/mol. The number of aromatic amines is 1. The van der Waals surface area contributed by atoms with Gasteiger partial charge in [-0.2, -0.15) is 10.4 Å². The number of hydrogen-bond acceptors (Lipinski definition) is 3. The molecule has 0 amide bonds. The zero-order valence-corrected chi connectivity index (χ0v) is 11.5. The van der Waals surface area contributed by atoms with Gasteiger partial charge in [0.2, 0.25) is 0 Å². The average molecular weight is 253 g/mol. The van der Waals surface area contributed by atoms with Crippen molar-refractivity contribution in [1.82, 2.24) is 10.2 Å². The first-order chi connectivity index (χ1) is 8.95. The van der Waals surface area contributed by atoms with Crippen molar-refractivity contribution in [2.45, 2.75) is 27.7 Å². The van der Waals surface area contributed by atoms with Crippen LogP contribution in [0.5, 0.6) is 0 Å². The van der Waals surface area contributed by atoms with Gasteiger partial charge in [0, 0.05) is 11.6 Å². The molecule has 2 rings (SSSR count). The number of nitrogens with zero attached hydrogens (tertiary/aromatic N) is 2. The van der Waals surface area contributed by atoms with Crippen molar-refractivity contribution < 1.29 is 0 Å². The number of nitriles is 1. The third-order valence-corrected chi connectivity index (χ3v) is 3.53. The first-order valence-corrected chi connectivity index (χ1v) is 6.03. The first-order valence-electron chi connectivity index (χ1n) is 6.03. The Bertz CT molecular complexity index is 725. The smallest absolute Gasteiger partial charge is 0.265 e. The maximum absolute atomic E-state index is 11.3. The molecular formula is C15H15N3O. The van der Waals surface area contributed by atoms with Gasteiger partial charge in [-0.15, -0.1) is 0 Å². The van der Waals surface area contributed by atoms with E-state index in [1.807, 2.05) is 33.8 Å². The fourth-order valence-electron chi connectivity index (χ4n) is 2.25. The Labute approximate surface area is 111 Å². The number of hydrogen-bond donors (Lipinski definition) is 1. The fraction of sp³-hybridized carbons (Fsp3) is 0.267. The van der Waals surface area contributed by atoms with E-state index in [9.17, 15) is 10.1 Å². The molecule has 0 saturated heterocycles. The SMILES string of the molecule is Cc1cc(C)c(C)c(-c2n[nH]c(=O)cc2C#N)c1C. The predicted octanol–water partition coefficient (Wildman–Crippen LogP) is 2.54. The molecule has 0 fully saturated rings. The van der Waals surface area contributed by atoms with E-state index in [1.54, 1.807) is 0 Å². The minimum absolute atomic E-state index is 0.306. The third kappa shape index (κ3) is 2.15. The number of rotatable bonds is 1. The van der Waals surface area contributed by atoms with Crippen LogP contribution in [0, 0.1) is 39.0 Å². The van der Waals surface area contributed by atoms with Crippen molar-refractivity contribution in [2.24, 2.45) is 0 Å². The van der Waals surface area contributed by atoms with Crippen LogP contribution in [-0.4, -0.2) is 10.2 Å². The van der Waals surface area contributed by atoms with Gasteiger partial charge in [0.1, 0.15) is 11.8 Å². The summed E-state index contributed by atoms with van der Waals surface area (Å²) in [5, 5.41) is 15.7. The molecule has 0 atom stereocenters. The maximum Gasteiger partial charge on any atom is 0.265 e. The van der Waals surface area contributed by atoms with Gasteiger partial charge in [-0.25, -0.2) is 5.10 Å². The van der Waals surface area contributed by atoms with Gasteiger partial charge in [-0.05, 0) is 49.9 Å². The van der Waals surface area contributed by atoms with Crippen molar-refractivity contribution in [3.05, 3.63) is 50.3 Å². The molecule has 96 valence electrons. The quantitative estimate of drug-likeness (QED) is 0.849. The van der Waals surface area contributed by atoms with Crippen LogP contribution in [-0.2, 0) is 0 Å². The molecule has 4 nitrogen and oxygen atoms in total. The number of aromatic nitrogens is 2. The molecule has 0 saturated carbocycles. The molecule has 1 aromatic heterocycles. The molecule has 4 heteroatoms. The fourth-order valence-corrected chi connectivity index (χ4v) is 2.25. The summed E-state index contributed by atoms with van der Waals surface area (Å²) >= 11 is 0. The summed E-state index contributed by atoms with van der Waals surface area (Å²) < 4.78 is 0. The number of H-pyrrole nitrogens is 1. The summed E-state index contributed by atoms with van der Waals surface area (Å²) in [4.78, 5) is 11.3. The van der Waals surface area contributed by atoms with Gasteiger partial charge in [0.15, 0.2) is 0 Å². The molecule has 0 bridgehead atoms. The second-order valence-corrected chi connectivity index (χ2v) is 4.74. The number of nitrogens with one attached hydrogen (secondary N) is 1. The maximum atomic E-state index is 11.3. The van der Waals surface area contributed by atoms with E-state index in [0.717, 1.165) is 27.8 Å². The zero-order valence-electron chi connectivity index (χ0n) is 11.5. The third-order valence-electron chi connectivity index (χ3n) is 3.53. The summed E-state index contributed by atoms with van der Waals surface area (Å²) in [6.07, 6.45) is 0. The molecule has 0 aliphatic heterocycles. The zero-order chi connectivity index (χ0) is 14.2. The van der Waals surface area contributed by atoms with E-state index in [-0.39, 0.29) is 5.56 Å². The van der Waals surface area contributed by atoms with Crippen molar-refractivity contribution in [2.75, 3.05) is 0 Å². The van der Waals surface area contributed by atoms with Crippen molar-refractivity contribution in [3.8, 4) is 17.3 Å². The normalized spacial score (nSPS) is 10.3. The lowest BCUT2D eigenvalue weighted by molar-refractivity contribution is 0.985. The van der Waals surface area contributed by atoms with E-state index in [4.69, 9.17) is 0 Å². The summed E-state index contributed by atoms with van der Waals surface area (Å²) in [7, 11) is 0. The van der Waals surface area contributed by atoms with E-state index >= 15 is 0 Å². The van der Waals surface area contributed by atoms with Crippen LogP contribution in [0.25, 0.3) is 11.3 Å². The lowest BCUT2D eigenvalue weighted by atomic mass is 9.91. The predicted molar refractivity (Wildman–Crippen MR) is 74.0 cm³/mol.